The van der Waals surface area contributed by atoms with Gasteiger partial charge in [-0.2, -0.15) is 13.2 Å². The highest BCUT2D eigenvalue weighted by molar-refractivity contribution is 7.90. The molecule has 0 heterocycles. The van der Waals surface area contributed by atoms with E-state index in [-0.39, 0.29) is 40.7 Å². The summed E-state index contributed by atoms with van der Waals surface area (Å²) in [7, 11) is -3.62. The van der Waals surface area contributed by atoms with Crippen molar-refractivity contribution in [3.8, 4) is 5.75 Å². The van der Waals surface area contributed by atoms with Crippen molar-refractivity contribution in [2.75, 3.05) is 26.0 Å². The average Bonchev–Trinajstić information content (AvgIpc) is 2.85. The van der Waals surface area contributed by atoms with Crippen LogP contribution >= 0.6 is 0 Å². The summed E-state index contributed by atoms with van der Waals surface area (Å²) < 4.78 is 97.5. The molecule has 1 atom stereocenters. The van der Waals surface area contributed by atoms with Crippen LogP contribution in [-0.4, -0.2) is 44.4 Å². The third kappa shape index (κ3) is 8.74. The molecule has 5 nitrogen and oxygen atoms in total. The maximum absolute atomic E-state index is 14.7. The van der Waals surface area contributed by atoms with Gasteiger partial charge in [-0.1, -0.05) is 30.3 Å². The van der Waals surface area contributed by atoms with Gasteiger partial charge in [-0.15, -0.1) is 0 Å². The zero-order valence-corrected chi connectivity index (χ0v) is 22.3. The SMILES string of the molecule is CC(O)c1ccc(OCCCN(CCc2ccc(F)cc2)Cc2cccc(C(F)(F)F)c2F)cc1S(C)(=O)=O. The van der Waals surface area contributed by atoms with Crippen molar-refractivity contribution in [3.05, 3.63) is 94.6 Å². The van der Waals surface area contributed by atoms with Gasteiger partial charge in [0.2, 0.25) is 0 Å². The molecule has 3 aromatic rings. The molecule has 3 rings (SSSR count). The van der Waals surface area contributed by atoms with E-state index in [1.54, 1.807) is 23.1 Å². The highest BCUT2D eigenvalue weighted by atomic mass is 32.2. The first kappa shape index (κ1) is 30.5. The van der Waals surface area contributed by atoms with E-state index in [2.05, 4.69) is 0 Å². The molecular formula is C28H30F5NO4S. The second-order valence-electron chi connectivity index (χ2n) is 9.28. The van der Waals surface area contributed by atoms with Crippen LogP contribution in [0.2, 0.25) is 0 Å². The standard InChI is InChI=1S/C28H30F5NO4S/c1-19(35)24-12-11-23(17-26(24)39(2,36)37)38-16-4-14-34(15-13-20-7-9-22(29)10-8-20)18-21-5-3-6-25(27(21)30)28(31,32)33/h3,5-12,17,19,35H,4,13-16,18H2,1-2H3. The lowest BCUT2D eigenvalue weighted by Gasteiger charge is -2.23. The van der Waals surface area contributed by atoms with Gasteiger partial charge in [-0.25, -0.2) is 17.2 Å². The molecule has 0 radical (unpaired) electrons. The molecule has 0 aliphatic heterocycles. The molecule has 0 saturated heterocycles. The lowest BCUT2D eigenvalue weighted by Crippen LogP contribution is -2.28. The van der Waals surface area contributed by atoms with Gasteiger partial charge in [-0.05, 0) is 61.2 Å². The van der Waals surface area contributed by atoms with Crippen LogP contribution in [0, 0.1) is 11.6 Å². The van der Waals surface area contributed by atoms with Gasteiger partial charge < -0.3 is 9.84 Å². The van der Waals surface area contributed by atoms with E-state index >= 15 is 0 Å². The Labute approximate surface area is 224 Å². The first-order valence-electron chi connectivity index (χ1n) is 12.2. The molecule has 0 fully saturated rings. The van der Waals surface area contributed by atoms with Crippen LogP contribution in [0.25, 0.3) is 0 Å². The summed E-state index contributed by atoms with van der Waals surface area (Å²) >= 11 is 0. The van der Waals surface area contributed by atoms with Gasteiger partial charge in [0.25, 0.3) is 0 Å². The van der Waals surface area contributed by atoms with Gasteiger partial charge in [-0.3, -0.25) is 4.90 Å². The molecule has 1 unspecified atom stereocenters. The molecule has 0 spiro atoms. The third-order valence-corrected chi connectivity index (χ3v) is 7.28. The van der Waals surface area contributed by atoms with Crippen molar-refractivity contribution in [1.29, 1.82) is 0 Å². The Kier molecular flexibility index (Phi) is 10.1. The Morgan fingerprint density at radius 3 is 2.31 bits per heavy atom. The number of halogens is 5. The lowest BCUT2D eigenvalue weighted by atomic mass is 10.1. The Balaban J connectivity index is 1.71. The summed E-state index contributed by atoms with van der Waals surface area (Å²) in [4.78, 5) is 1.74. The fraction of sp³-hybridized carbons (Fsp3) is 0.357. The van der Waals surface area contributed by atoms with Crippen LogP contribution < -0.4 is 4.74 Å². The van der Waals surface area contributed by atoms with Crippen molar-refractivity contribution in [2.24, 2.45) is 0 Å². The van der Waals surface area contributed by atoms with Crippen molar-refractivity contribution >= 4 is 9.84 Å². The largest absolute Gasteiger partial charge is 0.494 e. The van der Waals surface area contributed by atoms with Crippen LogP contribution in [0.5, 0.6) is 5.75 Å². The quantitative estimate of drug-likeness (QED) is 0.215. The molecule has 0 amide bonds. The van der Waals surface area contributed by atoms with Crippen LogP contribution in [-0.2, 0) is 29.0 Å². The molecule has 0 aliphatic rings. The van der Waals surface area contributed by atoms with Gasteiger partial charge >= 0.3 is 6.18 Å². The number of hydrogen-bond donors (Lipinski definition) is 1. The van der Waals surface area contributed by atoms with Crippen LogP contribution in [0.3, 0.4) is 0 Å². The molecular weight excluding hydrogens is 541 g/mol. The third-order valence-electron chi connectivity index (χ3n) is 6.13. The second kappa shape index (κ2) is 12.9. The van der Waals surface area contributed by atoms with Crippen molar-refractivity contribution in [1.82, 2.24) is 4.90 Å². The summed E-state index contributed by atoms with van der Waals surface area (Å²) in [5, 5.41) is 9.86. The topological polar surface area (TPSA) is 66.8 Å². The smallest absolute Gasteiger partial charge is 0.419 e. The monoisotopic (exact) mass is 571 g/mol. The number of aliphatic hydroxyl groups is 1. The van der Waals surface area contributed by atoms with Crippen molar-refractivity contribution < 1.29 is 40.2 Å². The van der Waals surface area contributed by atoms with Crippen LogP contribution in [0.15, 0.2) is 65.6 Å². The average molecular weight is 572 g/mol. The van der Waals surface area contributed by atoms with Crippen molar-refractivity contribution in [2.45, 2.75) is 43.5 Å². The summed E-state index contributed by atoms with van der Waals surface area (Å²) in [6.07, 6.45) is -3.92. The zero-order valence-electron chi connectivity index (χ0n) is 21.5. The number of aliphatic hydroxyl groups excluding tert-OH is 1. The molecule has 0 saturated carbocycles. The first-order valence-corrected chi connectivity index (χ1v) is 14.1. The van der Waals surface area contributed by atoms with E-state index < -0.39 is 33.5 Å². The number of alkyl halides is 3. The van der Waals surface area contributed by atoms with Crippen LogP contribution in [0.4, 0.5) is 22.0 Å². The van der Waals surface area contributed by atoms with E-state index in [0.29, 0.717) is 32.0 Å². The Morgan fingerprint density at radius 2 is 1.69 bits per heavy atom. The van der Waals surface area contributed by atoms with Gasteiger partial charge in [0.15, 0.2) is 9.84 Å². The summed E-state index contributed by atoms with van der Waals surface area (Å²) in [5.41, 5.74) is -0.367. The van der Waals surface area contributed by atoms with E-state index in [9.17, 15) is 35.5 Å². The van der Waals surface area contributed by atoms with E-state index in [0.717, 1.165) is 11.8 Å². The molecule has 39 heavy (non-hydrogen) atoms. The maximum Gasteiger partial charge on any atom is 0.419 e. The van der Waals surface area contributed by atoms with E-state index in [4.69, 9.17) is 4.74 Å². The summed E-state index contributed by atoms with van der Waals surface area (Å²) in [5.74, 6) is -1.43. The van der Waals surface area contributed by atoms with Crippen LogP contribution in [0.1, 0.15) is 41.7 Å². The predicted octanol–water partition coefficient (Wildman–Crippen LogP) is 5.95. The number of sulfone groups is 1. The van der Waals surface area contributed by atoms with Crippen molar-refractivity contribution in [3.63, 3.8) is 0 Å². The molecule has 11 heteroatoms. The molecule has 0 bridgehead atoms. The minimum absolute atomic E-state index is 0.0454. The summed E-state index contributed by atoms with van der Waals surface area (Å²) in [6.45, 7) is 2.22. The molecule has 3 aromatic carbocycles. The first-order chi connectivity index (χ1) is 18.3. The normalized spacial score (nSPS) is 13.1. The fourth-order valence-electron chi connectivity index (χ4n) is 4.12. The van der Waals surface area contributed by atoms with Gasteiger partial charge in [0.1, 0.15) is 17.4 Å². The number of benzene rings is 3. The number of rotatable bonds is 12. The Hall–Kier alpha value is -3.02. The second-order valence-corrected chi connectivity index (χ2v) is 11.3. The zero-order chi connectivity index (χ0) is 28.8. The highest BCUT2D eigenvalue weighted by Crippen LogP contribution is 2.33. The molecule has 0 aromatic heterocycles. The molecule has 1 N–H and O–H groups in total. The number of nitrogens with zero attached hydrogens (tertiary/aromatic N) is 1. The van der Waals surface area contributed by atoms with Gasteiger partial charge in [0.05, 0.1) is 23.2 Å². The fourth-order valence-corrected chi connectivity index (χ4v) is 5.12. The Morgan fingerprint density at radius 1 is 1.00 bits per heavy atom. The molecule has 212 valence electrons. The minimum atomic E-state index is -4.82. The Bertz CT molecular complexity index is 1360. The predicted molar refractivity (Wildman–Crippen MR) is 137 cm³/mol. The number of hydrogen-bond acceptors (Lipinski definition) is 5. The minimum Gasteiger partial charge on any atom is -0.494 e. The number of ether oxygens (including phenoxy) is 1. The lowest BCUT2D eigenvalue weighted by molar-refractivity contribution is -0.140. The van der Waals surface area contributed by atoms with Gasteiger partial charge in [0, 0.05) is 31.5 Å². The van der Waals surface area contributed by atoms with E-state index in [1.165, 1.54) is 43.3 Å². The molecule has 0 aliphatic carbocycles. The highest BCUT2D eigenvalue weighted by Gasteiger charge is 2.34. The van der Waals surface area contributed by atoms with E-state index in [1.807, 2.05) is 0 Å². The maximum atomic E-state index is 14.7. The summed E-state index contributed by atoms with van der Waals surface area (Å²) in [6, 6.07) is 13.4.